The summed E-state index contributed by atoms with van der Waals surface area (Å²) in [6.45, 7) is 5.35. The Morgan fingerprint density at radius 2 is 2.13 bits per heavy atom. The maximum atomic E-state index is 12.9. The van der Waals surface area contributed by atoms with Gasteiger partial charge in [0.1, 0.15) is 5.82 Å². The molecule has 0 bridgehead atoms. The standard InChI is InChI=1S/C21H19BrIN3O5/c1-4-30-18-8-13(7-16(23)19(18)31-11(2)21(28)29)10-24-26-12(3)25-17-6-5-14(22)9-15(17)20(26)27/h5-11H,4H2,1-3H3,(H,28,29)/t11-/m0/s1. The zero-order chi connectivity index (χ0) is 22.7. The van der Waals surface area contributed by atoms with Gasteiger partial charge in [-0.1, -0.05) is 15.9 Å². The second kappa shape index (κ2) is 9.77. The number of halogens is 2. The smallest absolute Gasteiger partial charge is 0.344 e. The van der Waals surface area contributed by atoms with Crippen molar-refractivity contribution >= 4 is 61.6 Å². The highest BCUT2D eigenvalue weighted by Gasteiger charge is 2.19. The summed E-state index contributed by atoms with van der Waals surface area (Å²) in [7, 11) is 0. The third-order valence-corrected chi connectivity index (χ3v) is 5.56. The van der Waals surface area contributed by atoms with Gasteiger partial charge in [0.15, 0.2) is 17.6 Å². The molecule has 0 amide bonds. The summed E-state index contributed by atoms with van der Waals surface area (Å²) < 4.78 is 13.9. The van der Waals surface area contributed by atoms with Crippen molar-refractivity contribution in [3.63, 3.8) is 0 Å². The van der Waals surface area contributed by atoms with Crippen LogP contribution in [0.25, 0.3) is 10.9 Å². The number of nitrogens with zero attached hydrogens (tertiary/aromatic N) is 3. The van der Waals surface area contributed by atoms with E-state index in [1.54, 1.807) is 31.2 Å². The van der Waals surface area contributed by atoms with Gasteiger partial charge in [-0.05, 0) is 79.3 Å². The minimum Gasteiger partial charge on any atom is -0.490 e. The molecule has 0 saturated carbocycles. The van der Waals surface area contributed by atoms with Crippen LogP contribution in [0.1, 0.15) is 25.2 Å². The largest absolute Gasteiger partial charge is 0.490 e. The second-order valence-corrected chi connectivity index (χ2v) is 8.62. The average molecular weight is 600 g/mol. The van der Waals surface area contributed by atoms with Gasteiger partial charge in [-0.2, -0.15) is 9.78 Å². The first kappa shape index (κ1) is 23.2. The van der Waals surface area contributed by atoms with Crippen molar-refractivity contribution < 1.29 is 19.4 Å². The number of hydrogen-bond donors (Lipinski definition) is 1. The molecule has 0 radical (unpaired) electrons. The molecule has 3 rings (SSSR count). The molecule has 8 nitrogen and oxygen atoms in total. The normalized spacial score (nSPS) is 12.3. The molecule has 10 heteroatoms. The van der Waals surface area contributed by atoms with Crippen molar-refractivity contribution in [2.24, 2.45) is 5.10 Å². The van der Waals surface area contributed by atoms with Crippen molar-refractivity contribution in [3.8, 4) is 11.5 Å². The summed E-state index contributed by atoms with van der Waals surface area (Å²) >= 11 is 5.42. The minimum absolute atomic E-state index is 0.282. The van der Waals surface area contributed by atoms with E-state index in [2.05, 4.69) is 26.0 Å². The Bertz CT molecular complexity index is 1240. The van der Waals surface area contributed by atoms with Gasteiger partial charge < -0.3 is 14.6 Å². The average Bonchev–Trinajstić information content (AvgIpc) is 2.71. The molecule has 0 aliphatic carbocycles. The van der Waals surface area contributed by atoms with Gasteiger partial charge in [0.05, 0.1) is 27.3 Å². The lowest BCUT2D eigenvalue weighted by molar-refractivity contribution is -0.144. The van der Waals surface area contributed by atoms with Crippen LogP contribution in [0.5, 0.6) is 11.5 Å². The molecule has 162 valence electrons. The molecule has 1 heterocycles. The molecule has 31 heavy (non-hydrogen) atoms. The molecular weight excluding hydrogens is 581 g/mol. The van der Waals surface area contributed by atoms with E-state index in [9.17, 15) is 9.59 Å². The van der Waals surface area contributed by atoms with Crippen molar-refractivity contribution in [1.29, 1.82) is 0 Å². The van der Waals surface area contributed by atoms with E-state index < -0.39 is 12.1 Å². The lowest BCUT2D eigenvalue weighted by Gasteiger charge is -2.17. The summed E-state index contributed by atoms with van der Waals surface area (Å²) in [5.41, 5.74) is 0.971. The molecule has 0 spiro atoms. The molecule has 0 aliphatic heterocycles. The highest BCUT2D eigenvalue weighted by atomic mass is 127. The van der Waals surface area contributed by atoms with Gasteiger partial charge >= 0.3 is 5.97 Å². The molecule has 0 aliphatic rings. The summed E-state index contributed by atoms with van der Waals surface area (Å²) in [5, 5.41) is 13.9. The Morgan fingerprint density at radius 1 is 1.39 bits per heavy atom. The van der Waals surface area contributed by atoms with E-state index in [0.29, 0.717) is 44.0 Å². The number of rotatable bonds is 7. The fraction of sp³-hybridized carbons (Fsp3) is 0.238. The van der Waals surface area contributed by atoms with Crippen molar-refractivity contribution in [2.75, 3.05) is 6.61 Å². The second-order valence-electron chi connectivity index (χ2n) is 6.54. The van der Waals surface area contributed by atoms with Crippen LogP contribution in [0.15, 0.2) is 44.7 Å². The molecular formula is C21H19BrIN3O5. The van der Waals surface area contributed by atoms with Gasteiger partial charge in [-0.15, -0.1) is 0 Å². The van der Waals surface area contributed by atoms with E-state index in [0.717, 1.165) is 4.47 Å². The van der Waals surface area contributed by atoms with Crippen LogP contribution in [-0.4, -0.2) is 39.7 Å². The third kappa shape index (κ3) is 5.24. The summed E-state index contributed by atoms with van der Waals surface area (Å²) in [6.07, 6.45) is 0.492. The number of aliphatic carboxylic acids is 1. The van der Waals surface area contributed by atoms with E-state index in [1.165, 1.54) is 17.8 Å². The molecule has 2 aromatic carbocycles. The maximum Gasteiger partial charge on any atom is 0.344 e. The van der Waals surface area contributed by atoms with Gasteiger partial charge in [-0.25, -0.2) is 9.78 Å². The van der Waals surface area contributed by atoms with Crippen molar-refractivity contribution in [3.05, 3.63) is 60.1 Å². The lowest BCUT2D eigenvalue weighted by atomic mass is 10.2. The predicted molar refractivity (Wildman–Crippen MR) is 129 cm³/mol. The first-order chi connectivity index (χ1) is 14.7. The topological polar surface area (TPSA) is 103 Å². The van der Waals surface area contributed by atoms with Crippen molar-refractivity contribution in [2.45, 2.75) is 26.9 Å². The third-order valence-electron chi connectivity index (χ3n) is 4.27. The predicted octanol–water partition coefficient (Wildman–Crippen LogP) is 4.20. The van der Waals surface area contributed by atoms with Gasteiger partial charge in [0.2, 0.25) is 0 Å². The van der Waals surface area contributed by atoms with Crippen LogP contribution >= 0.6 is 38.5 Å². The zero-order valence-electron chi connectivity index (χ0n) is 16.9. The summed E-state index contributed by atoms with van der Waals surface area (Å²) in [5.74, 6) is 0.119. The number of carbonyl (C=O) groups is 1. The Kier molecular flexibility index (Phi) is 7.31. The molecule has 3 aromatic rings. The number of hydrogen-bond acceptors (Lipinski definition) is 6. The molecule has 0 fully saturated rings. The first-order valence-corrected chi connectivity index (χ1v) is 11.2. The van der Waals surface area contributed by atoms with Crippen LogP contribution in [0.2, 0.25) is 0 Å². The highest BCUT2D eigenvalue weighted by molar-refractivity contribution is 14.1. The quantitative estimate of drug-likeness (QED) is 0.322. The Morgan fingerprint density at radius 3 is 2.81 bits per heavy atom. The molecule has 0 saturated heterocycles. The number of aromatic nitrogens is 2. The molecule has 1 N–H and O–H groups in total. The van der Waals surface area contributed by atoms with Crippen LogP contribution in [-0.2, 0) is 4.79 Å². The summed E-state index contributed by atoms with van der Waals surface area (Å²) in [6, 6.07) is 8.76. The number of aryl methyl sites for hydroxylation is 1. The lowest BCUT2D eigenvalue weighted by Crippen LogP contribution is -2.23. The number of fused-ring (bicyclic) bond motifs is 1. The molecule has 0 unspecified atom stereocenters. The maximum absolute atomic E-state index is 12.9. The number of carboxylic acid groups (broad SMARTS) is 1. The minimum atomic E-state index is -1.07. The SMILES string of the molecule is CCOc1cc(C=Nn2c(C)nc3ccc(Br)cc3c2=O)cc(I)c1O[C@@H](C)C(=O)O. The van der Waals surface area contributed by atoms with E-state index >= 15 is 0 Å². The Hall–Kier alpha value is -2.47. The molecule has 1 atom stereocenters. The van der Waals surface area contributed by atoms with Crippen LogP contribution < -0.4 is 15.0 Å². The fourth-order valence-corrected chi connectivity index (χ4v) is 3.90. The number of benzene rings is 2. The van der Waals surface area contributed by atoms with E-state index in [1.807, 2.05) is 35.6 Å². The fourth-order valence-electron chi connectivity index (χ4n) is 2.79. The van der Waals surface area contributed by atoms with Gasteiger partial charge in [0, 0.05) is 4.47 Å². The van der Waals surface area contributed by atoms with Crippen LogP contribution in [0, 0.1) is 10.5 Å². The number of ether oxygens (including phenoxy) is 2. The van der Waals surface area contributed by atoms with E-state index in [-0.39, 0.29) is 5.56 Å². The monoisotopic (exact) mass is 599 g/mol. The molecule has 1 aromatic heterocycles. The van der Waals surface area contributed by atoms with Gasteiger partial charge in [0.25, 0.3) is 5.56 Å². The van der Waals surface area contributed by atoms with Crippen molar-refractivity contribution in [1.82, 2.24) is 9.66 Å². The summed E-state index contributed by atoms with van der Waals surface area (Å²) in [4.78, 5) is 28.5. The van der Waals surface area contributed by atoms with E-state index in [4.69, 9.17) is 14.6 Å². The Labute approximate surface area is 200 Å². The van der Waals surface area contributed by atoms with Crippen LogP contribution in [0.3, 0.4) is 0 Å². The van der Waals surface area contributed by atoms with Crippen LogP contribution in [0.4, 0.5) is 0 Å². The highest BCUT2D eigenvalue weighted by Crippen LogP contribution is 2.34. The van der Waals surface area contributed by atoms with Gasteiger partial charge in [-0.3, -0.25) is 4.79 Å². The number of carboxylic acids is 1. The zero-order valence-corrected chi connectivity index (χ0v) is 20.7. The first-order valence-electron chi connectivity index (χ1n) is 9.30. The Balaban J connectivity index is 2.02.